The van der Waals surface area contributed by atoms with E-state index < -0.39 is 8.32 Å². The fourth-order valence-electron chi connectivity index (χ4n) is 2.65. The third-order valence-corrected chi connectivity index (χ3v) is 7.52. The lowest BCUT2D eigenvalue weighted by atomic mass is 10.1. The number of benzene rings is 2. The lowest BCUT2D eigenvalue weighted by Gasteiger charge is -2.26. The molecule has 22 heavy (non-hydrogen) atoms. The quantitative estimate of drug-likeness (QED) is 0.677. The molecule has 0 fully saturated rings. The van der Waals surface area contributed by atoms with Crippen molar-refractivity contribution >= 4 is 13.5 Å². The lowest BCUT2D eigenvalue weighted by Crippen LogP contribution is -2.51. The maximum atomic E-state index is 5.93. The fourth-order valence-corrected chi connectivity index (χ4v) is 4.95. The largest absolute Gasteiger partial charge is 0.414 e. The van der Waals surface area contributed by atoms with Crippen molar-refractivity contribution in [2.45, 2.75) is 12.7 Å². The summed E-state index contributed by atoms with van der Waals surface area (Å²) in [4.78, 5) is 4.12. The van der Waals surface area contributed by atoms with Gasteiger partial charge in [-0.3, -0.25) is 0 Å². The van der Waals surface area contributed by atoms with Crippen LogP contribution in [-0.2, 0) is 10.6 Å². The summed E-state index contributed by atoms with van der Waals surface area (Å²) in [6, 6.07) is 19.2. The minimum absolute atomic E-state index is 0.869. The van der Waals surface area contributed by atoms with Gasteiger partial charge in [0.15, 0.2) is 0 Å². The Balaban J connectivity index is 1.87. The van der Waals surface area contributed by atoms with Gasteiger partial charge in [-0.15, -0.1) is 0 Å². The van der Waals surface area contributed by atoms with E-state index in [0.717, 1.165) is 6.17 Å². The first-order valence-corrected chi connectivity index (χ1v) is 10.00. The summed E-state index contributed by atoms with van der Waals surface area (Å²) < 4.78 is 8.03. The van der Waals surface area contributed by atoms with Crippen LogP contribution in [0.3, 0.4) is 0 Å². The van der Waals surface area contributed by atoms with E-state index in [1.807, 2.05) is 31.9 Å². The summed E-state index contributed by atoms with van der Waals surface area (Å²) in [5, 5.41) is 1.29. The van der Waals surface area contributed by atoms with E-state index in [4.69, 9.17) is 4.43 Å². The SMILES string of the molecule is CO[Si](C)(Cn1ccnc1)c1ccc(-c2ccccc2)cc1. The van der Waals surface area contributed by atoms with Gasteiger partial charge >= 0.3 is 0 Å². The molecule has 3 aromatic rings. The maximum Gasteiger partial charge on any atom is 0.239 e. The normalized spacial score (nSPS) is 13.7. The van der Waals surface area contributed by atoms with E-state index >= 15 is 0 Å². The van der Waals surface area contributed by atoms with Crippen molar-refractivity contribution in [1.29, 1.82) is 0 Å². The van der Waals surface area contributed by atoms with E-state index in [0.29, 0.717) is 0 Å². The monoisotopic (exact) mass is 308 g/mol. The van der Waals surface area contributed by atoms with E-state index in [1.165, 1.54) is 16.3 Å². The molecule has 0 spiro atoms. The summed E-state index contributed by atoms with van der Waals surface area (Å²) in [6.07, 6.45) is 6.52. The topological polar surface area (TPSA) is 27.1 Å². The molecule has 0 bridgehead atoms. The Bertz CT molecular complexity index is 711. The Hall–Kier alpha value is -2.17. The Morgan fingerprint density at radius 1 is 1.00 bits per heavy atom. The minimum atomic E-state index is -2.00. The molecule has 4 heteroatoms. The van der Waals surface area contributed by atoms with Crippen LogP contribution in [0.5, 0.6) is 0 Å². The second-order valence-corrected chi connectivity index (χ2v) is 9.38. The highest BCUT2D eigenvalue weighted by molar-refractivity contribution is 6.84. The standard InChI is InChI=1S/C18H20N2OSi/c1-21-22(2,15-20-13-12-19-14-20)18-10-8-17(9-11-18)16-6-4-3-5-7-16/h3-14H,15H2,1-2H3. The maximum absolute atomic E-state index is 5.93. The zero-order chi connectivity index (χ0) is 15.4. The number of nitrogens with zero attached hydrogens (tertiary/aromatic N) is 2. The molecule has 1 atom stereocenters. The molecule has 3 nitrogen and oxygen atoms in total. The molecule has 1 heterocycles. The average molecular weight is 308 g/mol. The van der Waals surface area contributed by atoms with Crippen molar-refractivity contribution in [3.63, 3.8) is 0 Å². The van der Waals surface area contributed by atoms with E-state index in [2.05, 4.69) is 64.6 Å². The van der Waals surface area contributed by atoms with Crippen LogP contribution in [0.15, 0.2) is 73.3 Å². The lowest BCUT2D eigenvalue weighted by molar-refractivity contribution is 0.400. The average Bonchev–Trinajstić information content (AvgIpc) is 3.08. The molecule has 1 aromatic heterocycles. The zero-order valence-corrected chi connectivity index (χ0v) is 13.9. The molecule has 0 radical (unpaired) electrons. The zero-order valence-electron chi connectivity index (χ0n) is 12.9. The van der Waals surface area contributed by atoms with Crippen molar-refractivity contribution in [2.75, 3.05) is 7.11 Å². The van der Waals surface area contributed by atoms with Gasteiger partial charge in [0.1, 0.15) is 0 Å². The van der Waals surface area contributed by atoms with Crippen molar-refractivity contribution in [3.05, 3.63) is 73.3 Å². The fraction of sp³-hybridized carbons (Fsp3) is 0.167. The predicted molar refractivity (Wildman–Crippen MR) is 92.4 cm³/mol. The first-order chi connectivity index (χ1) is 10.7. The van der Waals surface area contributed by atoms with Gasteiger partial charge in [-0.2, -0.15) is 0 Å². The Morgan fingerprint density at radius 2 is 1.68 bits per heavy atom. The highest BCUT2D eigenvalue weighted by Gasteiger charge is 2.30. The van der Waals surface area contributed by atoms with Gasteiger partial charge in [0.25, 0.3) is 0 Å². The molecule has 0 aliphatic rings. The third-order valence-electron chi connectivity index (χ3n) is 4.10. The Morgan fingerprint density at radius 3 is 2.27 bits per heavy atom. The third kappa shape index (κ3) is 3.03. The molecule has 0 N–H and O–H groups in total. The van der Waals surface area contributed by atoms with Crippen molar-refractivity contribution in [3.8, 4) is 11.1 Å². The molecule has 0 aliphatic heterocycles. The molecular weight excluding hydrogens is 288 g/mol. The number of hydrogen-bond donors (Lipinski definition) is 0. The van der Waals surface area contributed by atoms with Crippen molar-refractivity contribution < 1.29 is 4.43 Å². The van der Waals surface area contributed by atoms with Gasteiger partial charge in [0, 0.05) is 25.7 Å². The summed E-state index contributed by atoms with van der Waals surface area (Å²) in [7, 11) is -0.191. The molecule has 3 rings (SSSR count). The van der Waals surface area contributed by atoms with Crippen LogP contribution in [-0.4, -0.2) is 25.0 Å². The summed E-state index contributed by atoms with van der Waals surface area (Å²) in [5.74, 6) is 0. The van der Waals surface area contributed by atoms with E-state index in [9.17, 15) is 0 Å². The van der Waals surface area contributed by atoms with Crippen molar-refractivity contribution in [1.82, 2.24) is 9.55 Å². The van der Waals surface area contributed by atoms with Crippen LogP contribution >= 0.6 is 0 Å². The molecule has 112 valence electrons. The van der Waals surface area contributed by atoms with Crippen LogP contribution < -0.4 is 5.19 Å². The summed E-state index contributed by atoms with van der Waals surface area (Å²) >= 11 is 0. The second kappa shape index (κ2) is 6.30. The van der Waals surface area contributed by atoms with Gasteiger partial charge in [-0.25, -0.2) is 4.98 Å². The van der Waals surface area contributed by atoms with Crippen LogP contribution in [0.25, 0.3) is 11.1 Å². The summed E-state index contributed by atoms with van der Waals surface area (Å²) in [5.41, 5.74) is 2.48. The number of hydrogen-bond acceptors (Lipinski definition) is 2. The first kappa shape index (κ1) is 14.8. The highest BCUT2D eigenvalue weighted by atomic mass is 28.4. The van der Waals surface area contributed by atoms with Gasteiger partial charge in [0.2, 0.25) is 8.32 Å². The Labute approximate surface area is 132 Å². The van der Waals surface area contributed by atoms with Crippen LogP contribution in [0.4, 0.5) is 0 Å². The van der Waals surface area contributed by atoms with Crippen LogP contribution in [0.2, 0.25) is 6.55 Å². The molecule has 0 amide bonds. The minimum Gasteiger partial charge on any atom is -0.414 e. The molecule has 2 aromatic carbocycles. The van der Waals surface area contributed by atoms with Gasteiger partial charge < -0.3 is 8.99 Å². The molecule has 1 unspecified atom stereocenters. The molecular formula is C18H20N2OSi. The van der Waals surface area contributed by atoms with Crippen LogP contribution in [0, 0.1) is 0 Å². The van der Waals surface area contributed by atoms with Gasteiger partial charge in [-0.1, -0.05) is 54.6 Å². The van der Waals surface area contributed by atoms with E-state index in [1.54, 1.807) is 0 Å². The van der Waals surface area contributed by atoms with Crippen LogP contribution in [0.1, 0.15) is 0 Å². The highest BCUT2D eigenvalue weighted by Crippen LogP contribution is 2.18. The van der Waals surface area contributed by atoms with Crippen molar-refractivity contribution in [2.24, 2.45) is 0 Å². The summed E-state index contributed by atoms with van der Waals surface area (Å²) in [6.45, 7) is 2.24. The van der Waals surface area contributed by atoms with Gasteiger partial charge in [-0.05, 0) is 22.9 Å². The Kier molecular flexibility index (Phi) is 4.22. The molecule has 0 saturated heterocycles. The number of rotatable bonds is 5. The smallest absolute Gasteiger partial charge is 0.239 e. The van der Waals surface area contributed by atoms with E-state index in [-0.39, 0.29) is 0 Å². The first-order valence-electron chi connectivity index (χ1n) is 7.38. The molecule has 0 saturated carbocycles. The number of imidazole rings is 1. The predicted octanol–water partition coefficient (Wildman–Crippen LogP) is 3.22. The van der Waals surface area contributed by atoms with Gasteiger partial charge in [0.05, 0.1) is 6.33 Å². The second-order valence-electron chi connectivity index (χ2n) is 5.61. The molecule has 0 aliphatic carbocycles. The number of aromatic nitrogens is 2.